The fraction of sp³-hybridized carbons (Fsp3) is 0.207. The van der Waals surface area contributed by atoms with E-state index < -0.39 is 29.0 Å². The van der Waals surface area contributed by atoms with E-state index in [0.717, 1.165) is 28.0 Å². The number of fused-ring (bicyclic) bond motifs is 2. The van der Waals surface area contributed by atoms with Crippen molar-refractivity contribution in [2.45, 2.75) is 29.7 Å². The number of esters is 1. The SMILES string of the molecule is CCOC(=O)c1ccc(NC(=O)Cn2c3c(sc2=O)[C@@H](c2cccs2)C2C(=O)N(c4ccc(Cl)cc4)C(=O)C2S3)cc1. The van der Waals surface area contributed by atoms with E-state index in [1.54, 1.807) is 55.5 Å². The number of nitrogens with one attached hydrogen (secondary N) is 1. The Labute approximate surface area is 257 Å². The lowest BCUT2D eigenvalue weighted by Gasteiger charge is -2.29. The lowest BCUT2D eigenvalue weighted by Crippen LogP contribution is -2.32. The monoisotopic (exact) mass is 639 g/mol. The first-order chi connectivity index (χ1) is 20.3. The van der Waals surface area contributed by atoms with E-state index in [1.807, 2.05) is 17.5 Å². The topological polar surface area (TPSA) is 115 Å². The van der Waals surface area contributed by atoms with Gasteiger partial charge in [-0.05, 0) is 66.9 Å². The molecule has 0 radical (unpaired) electrons. The molecule has 0 aliphatic carbocycles. The Morgan fingerprint density at radius 3 is 2.40 bits per heavy atom. The molecule has 214 valence electrons. The molecular weight excluding hydrogens is 618 g/mol. The van der Waals surface area contributed by atoms with Gasteiger partial charge in [0.15, 0.2) is 0 Å². The Kier molecular flexibility index (Phi) is 7.79. The van der Waals surface area contributed by atoms with Crippen LogP contribution in [0.1, 0.15) is 33.0 Å². The molecule has 9 nitrogen and oxygen atoms in total. The molecule has 2 aromatic carbocycles. The van der Waals surface area contributed by atoms with Crippen LogP contribution in [0.5, 0.6) is 0 Å². The molecule has 2 aliphatic rings. The number of hydrogen-bond acceptors (Lipinski definition) is 9. The summed E-state index contributed by atoms with van der Waals surface area (Å²) in [4.78, 5) is 68.1. The Bertz CT molecular complexity index is 1750. The van der Waals surface area contributed by atoms with Crippen molar-refractivity contribution in [3.63, 3.8) is 0 Å². The van der Waals surface area contributed by atoms with Crippen LogP contribution in [0.4, 0.5) is 11.4 Å². The van der Waals surface area contributed by atoms with Crippen molar-refractivity contribution >= 4 is 81.1 Å². The molecule has 2 aliphatic heterocycles. The van der Waals surface area contributed by atoms with Crippen LogP contribution in [0, 0.1) is 5.92 Å². The van der Waals surface area contributed by atoms with Crippen LogP contribution in [0.25, 0.3) is 0 Å². The highest BCUT2D eigenvalue weighted by molar-refractivity contribution is 8.00. The minimum atomic E-state index is -0.772. The summed E-state index contributed by atoms with van der Waals surface area (Å²) in [5.41, 5.74) is 1.24. The third kappa shape index (κ3) is 5.08. The van der Waals surface area contributed by atoms with E-state index >= 15 is 0 Å². The Hall–Kier alpha value is -3.71. The van der Waals surface area contributed by atoms with Gasteiger partial charge in [0.2, 0.25) is 17.7 Å². The highest BCUT2D eigenvalue weighted by Crippen LogP contribution is 2.54. The van der Waals surface area contributed by atoms with Gasteiger partial charge in [-0.15, -0.1) is 11.3 Å². The van der Waals surface area contributed by atoms with E-state index in [2.05, 4.69) is 5.32 Å². The van der Waals surface area contributed by atoms with Crippen molar-refractivity contribution in [1.29, 1.82) is 0 Å². The number of aromatic nitrogens is 1. The standard InChI is InChI=1S/C29H22ClN3O6S3/c1-2-39-28(37)15-5-9-17(10-6-15)31-20(34)14-32-27-24(42-29(32)38)21(19-4-3-13-40-19)22-23(41-27)26(36)33(25(22)35)18-11-7-16(30)8-12-18/h3-13,21-23H,2,14H2,1H3,(H,31,34)/t21-,22?,23?/m0/s1. The van der Waals surface area contributed by atoms with Crippen molar-refractivity contribution in [1.82, 2.24) is 4.57 Å². The molecule has 0 bridgehead atoms. The molecule has 13 heteroatoms. The number of ether oxygens (including phenoxy) is 1. The summed E-state index contributed by atoms with van der Waals surface area (Å²) >= 11 is 9.64. The Morgan fingerprint density at radius 2 is 1.74 bits per heavy atom. The van der Waals surface area contributed by atoms with Gasteiger partial charge < -0.3 is 10.1 Å². The number of benzene rings is 2. The number of amides is 3. The molecule has 0 spiro atoms. The molecule has 3 amide bonds. The van der Waals surface area contributed by atoms with Gasteiger partial charge in [-0.3, -0.25) is 23.7 Å². The van der Waals surface area contributed by atoms with Crippen LogP contribution >= 0.6 is 46.0 Å². The van der Waals surface area contributed by atoms with Crippen molar-refractivity contribution < 1.29 is 23.9 Å². The van der Waals surface area contributed by atoms with Gasteiger partial charge in [-0.25, -0.2) is 9.69 Å². The second-order valence-corrected chi connectivity index (χ2v) is 13.1. The summed E-state index contributed by atoms with van der Waals surface area (Å²) in [6.45, 7) is 1.69. The maximum absolute atomic E-state index is 13.8. The molecule has 4 heterocycles. The minimum absolute atomic E-state index is 0.253. The first-order valence-electron chi connectivity index (χ1n) is 12.9. The van der Waals surface area contributed by atoms with Crippen LogP contribution < -0.4 is 15.1 Å². The van der Waals surface area contributed by atoms with E-state index in [-0.39, 0.29) is 29.8 Å². The number of hydrogen-bond donors (Lipinski definition) is 1. The lowest BCUT2D eigenvalue weighted by molar-refractivity contribution is -0.122. The molecule has 3 atom stereocenters. The summed E-state index contributed by atoms with van der Waals surface area (Å²) in [7, 11) is 0. The van der Waals surface area contributed by atoms with Gasteiger partial charge in [0.1, 0.15) is 11.8 Å². The number of carbonyl (C=O) groups excluding carboxylic acids is 4. The van der Waals surface area contributed by atoms with Gasteiger partial charge >= 0.3 is 10.8 Å². The molecule has 6 rings (SSSR count). The molecule has 1 saturated heterocycles. The molecule has 1 fully saturated rings. The zero-order valence-electron chi connectivity index (χ0n) is 21.9. The summed E-state index contributed by atoms with van der Waals surface area (Å²) in [5.74, 6) is -2.83. The number of thiophene rings is 1. The number of rotatable bonds is 7. The highest BCUT2D eigenvalue weighted by atomic mass is 35.5. The largest absolute Gasteiger partial charge is 0.462 e. The van der Waals surface area contributed by atoms with Gasteiger partial charge in [-0.1, -0.05) is 40.8 Å². The quantitative estimate of drug-likeness (QED) is 0.217. The molecule has 2 unspecified atom stereocenters. The van der Waals surface area contributed by atoms with Crippen LogP contribution in [0.15, 0.2) is 75.9 Å². The number of thioether (sulfide) groups is 1. The van der Waals surface area contributed by atoms with Crippen LogP contribution in [-0.2, 0) is 25.7 Å². The number of anilines is 2. The third-order valence-corrected chi connectivity index (χ3v) is 10.8. The van der Waals surface area contributed by atoms with E-state index in [1.165, 1.54) is 20.8 Å². The molecule has 42 heavy (non-hydrogen) atoms. The van der Waals surface area contributed by atoms with E-state index in [9.17, 15) is 24.0 Å². The number of thiazole rings is 1. The van der Waals surface area contributed by atoms with Crippen molar-refractivity contribution in [2.75, 3.05) is 16.8 Å². The average molecular weight is 640 g/mol. The minimum Gasteiger partial charge on any atom is -0.462 e. The van der Waals surface area contributed by atoms with E-state index in [0.29, 0.717) is 31.9 Å². The van der Waals surface area contributed by atoms with Crippen LogP contribution in [0.2, 0.25) is 5.02 Å². The third-order valence-electron chi connectivity index (χ3n) is 6.97. The maximum atomic E-state index is 13.8. The fourth-order valence-corrected chi connectivity index (χ4v) is 8.97. The molecular formula is C29H22ClN3O6S3. The van der Waals surface area contributed by atoms with Crippen molar-refractivity contribution in [3.05, 3.63) is 96.1 Å². The smallest absolute Gasteiger partial charge is 0.338 e. The molecule has 2 aromatic heterocycles. The number of carbonyl (C=O) groups is 4. The van der Waals surface area contributed by atoms with Crippen LogP contribution in [0.3, 0.4) is 0 Å². The van der Waals surface area contributed by atoms with Crippen molar-refractivity contribution in [3.8, 4) is 0 Å². The predicted octanol–water partition coefficient (Wildman–Crippen LogP) is 5.24. The average Bonchev–Trinajstić information content (AvgIpc) is 3.67. The van der Waals surface area contributed by atoms with E-state index in [4.69, 9.17) is 16.3 Å². The molecule has 1 N–H and O–H groups in total. The highest BCUT2D eigenvalue weighted by Gasteiger charge is 2.57. The van der Waals surface area contributed by atoms with Gasteiger partial charge in [0.05, 0.1) is 28.8 Å². The van der Waals surface area contributed by atoms with Crippen LogP contribution in [-0.4, -0.2) is 40.1 Å². The lowest BCUT2D eigenvalue weighted by atomic mass is 9.87. The maximum Gasteiger partial charge on any atom is 0.338 e. The van der Waals surface area contributed by atoms with Crippen molar-refractivity contribution in [2.24, 2.45) is 5.92 Å². The summed E-state index contributed by atoms with van der Waals surface area (Å²) in [6, 6.07) is 16.5. The summed E-state index contributed by atoms with van der Waals surface area (Å²) < 4.78 is 6.35. The first kappa shape index (κ1) is 28.4. The Balaban J connectivity index is 1.30. The number of halogens is 1. The molecule has 4 aromatic rings. The van der Waals surface area contributed by atoms with Gasteiger partial charge in [-0.2, -0.15) is 0 Å². The number of imide groups is 1. The predicted molar refractivity (Wildman–Crippen MR) is 163 cm³/mol. The molecule has 0 saturated carbocycles. The fourth-order valence-electron chi connectivity index (χ4n) is 5.12. The summed E-state index contributed by atoms with van der Waals surface area (Å²) in [6.07, 6.45) is 0. The zero-order valence-corrected chi connectivity index (χ0v) is 25.1. The number of nitrogens with zero attached hydrogens (tertiary/aromatic N) is 2. The normalized spacial score (nSPS) is 19.4. The van der Waals surface area contributed by atoms with Gasteiger partial charge in [0, 0.05) is 26.4 Å². The first-order valence-corrected chi connectivity index (χ1v) is 15.9. The zero-order chi connectivity index (χ0) is 29.5. The second-order valence-electron chi connectivity index (χ2n) is 9.52. The Morgan fingerprint density at radius 1 is 1.00 bits per heavy atom. The van der Waals surface area contributed by atoms with Gasteiger partial charge in [0.25, 0.3) is 0 Å². The summed E-state index contributed by atoms with van der Waals surface area (Å²) in [5, 5.41) is 4.87. The second kappa shape index (κ2) is 11.5.